The highest BCUT2D eigenvalue weighted by molar-refractivity contribution is 14.2. The van der Waals surface area contributed by atoms with Gasteiger partial charge in [0.05, 0.1) is 5.92 Å². The summed E-state index contributed by atoms with van der Waals surface area (Å²) in [6, 6.07) is 0. The molecule has 1 unspecified atom stereocenters. The minimum absolute atomic E-state index is 0.0494. The zero-order chi connectivity index (χ0) is 12.7. The minimum atomic E-state index is -0.966. The van der Waals surface area contributed by atoms with Gasteiger partial charge in [-0.15, -0.1) is 0 Å². The van der Waals surface area contributed by atoms with Crippen LogP contribution in [0.25, 0.3) is 0 Å². The fourth-order valence-corrected chi connectivity index (χ4v) is 2.44. The van der Waals surface area contributed by atoms with Gasteiger partial charge in [-0.05, 0) is 33.8 Å². The van der Waals surface area contributed by atoms with Crippen LogP contribution in [-0.2, 0) is 19.1 Å². The Labute approximate surface area is 111 Å². The third kappa shape index (κ3) is 5.58. The Morgan fingerprint density at radius 3 is 2.47 bits per heavy atom. The highest BCUT2D eigenvalue weighted by Crippen LogP contribution is 2.25. The van der Waals surface area contributed by atoms with Gasteiger partial charge in [0.25, 0.3) is 0 Å². The Morgan fingerprint density at radius 2 is 1.94 bits per heavy atom. The molecular formula is C11H18INO4. The van der Waals surface area contributed by atoms with Gasteiger partial charge in [-0.1, -0.05) is 23.8 Å². The smallest absolute Gasteiger partial charge is 0.315 e. The SMILES string of the molecule is C=INC(OC(C)=O)OC(=O)C1CCCCC1. The molecule has 0 bridgehead atoms. The highest BCUT2D eigenvalue weighted by Gasteiger charge is 2.25. The van der Waals surface area contributed by atoms with Crippen LogP contribution in [0.1, 0.15) is 39.0 Å². The Morgan fingerprint density at radius 1 is 1.29 bits per heavy atom. The molecule has 1 fully saturated rings. The largest absolute Gasteiger partial charge is 0.411 e. The van der Waals surface area contributed by atoms with Crippen molar-refractivity contribution < 1.29 is 19.1 Å². The molecule has 0 radical (unpaired) electrons. The first-order valence-corrected chi connectivity index (χ1v) is 8.24. The lowest BCUT2D eigenvalue weighted by Gasteiger charge is -2.23. The van der Waals surface area contributed by atoms with Crippen LogP contribution >= 0.6 is 21.0 Å². The average molecular weight is 355 g/mol. The summed E-state index contributed by atoms with van der Waals surface area (Å²) in [6.45, 7) is 1.28. The number of hydrogen-bond acceptors (Lipinski definition) is 5. The molecule has 1 N–H and O–H groups in total. The van der Waals surface area contributed by atoms with E-state index in [9.17, 15) is 9.59 Å². The van der Waals surface area contributed by atoms with Crippen molar-refractivity contribution in [1.82, 2.24) is 3.53 Å². The van der Waals surface area contributed by atoms with Crippen LogP contribution in [0.15, 0.2) is 0 Å². The van der Waals surface area contributed by atoms with Gasteiger partial charge in [-0.2, -0.15) is 3.53 Å². The Hall–Kier alpha value is -0.500. The lowest BCUT2D eigenvalue weighted by molar-refractivity contribution is -0.190. The van der Waals surface area contributed by atoms with Crippen molar-refractivity contribution in [3.8, 4) is 0 Å². The number of esters is 2. The first kappa shape index (κ1) is 14.6. The van der Waals surface area contributed by atoms with E-state index in [1.807, 2.05) is 0 Å². The van der Waals surface area contributed by atoms with Crippen molar-refractivity contribution in [3.63, 3.8) is 0 Å². The van der Waals surface area contributed by atoms with E-state index in [1.54, 1.807) is 0 Å². The van der Waals surface area contributed by atoms with Crippen molar-refractivity contribution in [2.45, 2.75) is 45.4 Å². The predicted octanol–water partition coefficient (Wildman–Crippen LogP) is 1.86. The van der Waals surface area contributed by atoms with Crippen LogP contribution < -0.4 is 3.53 Å². The standard InChI is InChI=1S/C11H18INO4/c1-8(14)16-11(13-12-2)17-10(15)9-6-4-3-5-7-9/h9,11,13H,2-7H2,1H3. The maximum absolute atomic E-state index is 11.8. The summed E-state index contributed by atoms with van der Waals surface area (Å²) < 4.78 is 16.4. The van der Waals surface area contributed by atoms with Gasteiger partial charge in [0.15, 0.2) is 0 Å². The van der Waals surface area contributed by atoms with Crippen LogP contribution in [0.4, 0.5) is 0 Å². The second-order valence-electron chi connectivity index (χ2n) is 3.96. The summed E-state index contributed by atoms with van der Waals surface area (Å²) in [5.74, 6) is -0.802. The van der Waals surface area contributed by atoms with Gasteiger partial charge >= 0.3 is 18.4 Å². The van der Waals surface area contributed by atoms with E-state index < -0.39 is 33.4 Å². The molecule has 5 nitrogen and oxygen atoms in total. The molecule has 1 aliphatic carbocycles. The number of ether oxygens (including phenoxy) is 2. The van der Waals surface area contributed by atoms with Crippen molar-refractivity contribution >= 4 is 37.5 Å². The average Bonchev–Trinajstić information content (AvgIpc) is 2.29. The van der Waals surface area contributed by atoms with Gasteiger partial charge in [0.1, 0.15) is 0 Å². The van der Waals surface area contributed by atoms with Gasteiger partial charge in [-0.3, -0.25) is 9.59 Å². The molecule has 0 aromatic carbocycles. The van der Waals surface area contributed by atoms with Crippen molar-refractivity contribution in [3.05, 3.63) is 0 Å². The topological polar surface area (TPSA) is 64.6 Å². The third-order valence-electron chi connectivity index (χ3n) is 2.60. The maximum atomic E-state index is 11.8. The van der Waals surface area contributed by atoms with Crippen LogP contribution in [0.2, 0.25) is 0 Å². The summed E-state index contributed by atoms with van der Waals surface area (Å²) in [5.41, 5.74) is 0. The lowest BCUT2D eigenvalue weighted by atomic mass is 9.89. The van der Waals surface area contributed by atoms with E-state index in [1.165, 1.54) is 13.3 Å². The zero-order valence-corrected chi connectivity index (χ0v) is 12.1. The van der Waals surface area contributed by atoms with Gasteiger partial charge < -0.3 is 9.47 Å². The van der Waals surface area contributed by atoms with E-state index in [4.69, 9.17) is 9.47 Å². The van der Waals surface area contributed by atoms with Crippen LogP contribution in [0.3, 0.4) is 0 Å². The molecule has 1 saturated carbocycles. The summed E-state index contributed by atoms with van der Waals surface area (Å²) >= 11 is -0.570. The molecule has 1 rings (SSSR count). The van der Waals surface area contributed by atoms with Gasteiger partial charge in [0, 0.05) is 6.92 Å². The summed E-state index contributed by atoms with van der Waals surface area (Å²) in [7, 11) is 0. The van der Waals surface area contributed by atoms with Gasteiger partial charge in [0.2, 0.25) is 0 Å². The fourth-order valence-electron chi connectivity index (χ4n) is 1.82. The van der Waals surface area contributed by atoms with Crippen molar-refractivity contribution in [1.29, 1.82) is 0 Å². The third-order valence-corrected chi connectivity index (χ3v) is 3.55. The predicted molar refractivity (Wildman–Crippen MR) is 72.5 cm³/mol. The Kier molecular flexibility index (Phi) is 6.64. The highest BCUT2D eigenvalue weighted by atomic mass is 127. The summed E-state index contributed by atoms with van der Waals surface area (Å²) in [4.78, 5) is 22.6. The number of rotatable bonds is 5. The van der Waals surface area contributed by atoms with Crippen LogP contribution in [-0.4, -0.2) is 22.9 Å². The molecule has 0 amide bonds. The first-order chi connectivity index (χ1) is 8.13. The lowest BCUT2D eigenvalue weighted by Crippen LogP contribution is -2.35. The normalized spacial score (nSPS) is 18.4. The Bertz CT molecular complexity index is 289. The molecular weight excluding hydrogens is 337 g/mol. The van der Waals surface area contributed by atoms with Crippen LogP contribution in [0.5, 0.6) is 0 Å². The molecule has 0 aromatic rings. The van der Waals surface area contributed by atoms with E-state index in [0.29, 0.717) is 0 Å². The molecule has 0 saturated heterocycles. The fraction of sp³-hybridized carbons (Fsp3) is 0.727. The number of carbonyl (C=O) groups excluding carboxylic acids is 2. The molecule has 0 heterocycles. The Balaban J connectivity index is 2.44. The molecule has 98 valence electrons. The summed E-state index contributed by atoms with van der Waals surface area (Å²) in [6.07, 6.45) is 4.07. The first-order valence-electron chi connectivity index (χ1n) is 5.64. The molecule has 17 heavy (non-hydrogen) atoms. The second kappa shape index (κ2) is 7.75. The quantitative estimate of drug-likeness (QED) is 0.353. The van der Waals surface area contributed by atoms with E-state index in [2.05, 4.69) is 8.04 Å². The number of hydrogen-bond donors (Lipinski definition) is 1. The van der Waals surface area contributed by atoms with E-state index >= 15 is 0 Å². The molecule has 1 atom stereocenters. The van der Waals surface area contributed by atoms with Crippen LogP contribution in [0, 0.1) is 5.92 Å². The van der Waals surface area contributed by atoms with E-state index in [-0.39, 0.29) is 11.9 Å². The summed E-state index contributed by atoms with van der Waals surface area (Å²) in [5, 5.41) is 0. The second-order valence-corrected chi connectivity index (χ2v) is 5.34. The van der Waals surface area contributed by atoms with E-state index in [0.717, 1.165) is 25.7 Å². The zero-order valence-electron chi connectivity index (χ0n) is 9.91. The number of nitrogens with one attached hydrogen (secondary N) is 1. The molecule has 0 spiro atoms. The molecule has 6 heteroatoms. The van der Waals surface area contributed by atoms with Crippen molar-refractivity contribution in [2.75, 3.05) is 0 Å². The monoisotopic (exact) mass is 355 g/mol. The van der Waals surface area contributed by atoms with Crippen molar-refractivity contribution in [2.24, 2.45) is 5.92 Å². The minimum Gasteiger partial charge on any atom is -0.411 e. The van der Waals surface area contributed by atoms with Gasteiger partial charge in [-0.25, -0.2) is 0 Å². The number of carbonyl (C=O) groups is 2. The maximum Gasteiger partial charge on any atom is 0.315 e. The number of halogens is 1. The molecule has 0 aliphatic heterocycles. The molecule has 0 aromatic heterocycles. The molecule has 1 aliphatic rings.